The molecule has 3 aromatic rings. The molecular weight excluding hydrogens is 352 g/mol. The monoisotopic (exact) mass is 376 g/mol. The summed E-state index contributed by atoms with van der Waals surface area (Å²) >= 11 is 0. The standard InChI is InChI=1S/C22H24N4O2/c1-3-26(4-2)21-11-10-19(15-24-21)25-22(27)18-8-5-9-20(13-18)28-16-17-7-6-12-23-14-17/h5-15H,3-4,16H2,1-2H3,(H,25,27). The van der Waals surface area contributed by atoms with Crippen LogP contribution in [0.25, 0.3) is 0 Å². The fourth-order valence-corrected chi connectivity index (χ4v) is 2.78. The van der Waals surface area contributed by atoms with Crippen molar-refractivity contribution in [2.24, 2.45) is 0 Å². The van der Waals surface area contributed by atoms with E-state index < -0.39 is 0 Å². The lowest BCUT2D eigenvalue weighted by molar-refractivity contribution is 0.102. The van der Waals surface area contributed by atoms with Crippen molar-refractivity contribution in [3.8, 4) is 5.75 Å². The number of nitrogens with one attached hydrogen (secondary N) is 1. The first-order chi connectivity index (χ1) is 13.7. The smallest absolute Gasteiger partial charge is 0.255 e. The summed E-state index contributed by atoms with van der Waals surface area (Å²) in [5.41, 5.74) is 2.15. The third-order valence-corrected chi connectivity index (χ3v) is 4.32. The third kappa shape index (κ3) is 5.07. The van der Waals surface area contributed by atoms with E-state index in [0.717, 1.165) is 24.5 Å². The molecule has 0 radical (unpaired) electrons. The lowest BCUT2D eigenvalue weighted by Gasteiger charge is -2.19. The molecule has 1 aromatic carbocycles. The lowest BCUT2D eigenvalue weighted by atomic mass is 10.2. The Morgan fingerprint density at radius 3 is 2.61 bits per heavy atom. The topological polar surface area (TPSA) is 67.4 Å². The number of rotatable bonds is 8. The zero-order valence-electron chi connectivity index (χ0n) is 16.1. The number of hydrogen-bond acceptors (Lipinski definition) is 5. The second kappa shape index (κ2) is 9.50. The average Bonchev–Trinajstić information content (AvgIpc) is 2.75. The van der Waals surface area contributed by atoms with Gasteiger partial charge in [-0.1, -0.05) is 12.1 Å². The Morgan fingerprint density at radius 2 is 1.93 bits per heavy atom. The first-order valence-electron chi connectivity index (χ1n) is 9.33. The molecule has 0 saturated carbocycles. The molecule has 0 bridgehead atoms. The van der Waals surface area contributed by atoms with Crippen LogP contribution < -0.4 is 15.0 Å². The highest BCUT2D eigenvalue weighted by atomic mass is 16.5. The summed E-state index contributed by atoms with van der Waals surface area (Å²) in [5, 5.41) is 2.88. The second-order valence-corrected chi connectivity index (χ2v) is 6.21. The van der Waals surface area contributed by atoms with Crippen molar-refractivity contribution in [1.82, 2.24) is 9.97 Å². The molecular formula is C22H24N4O2. The van der Waals surface area contributed by atoms with E-state index in [2.05, 4.69) is 34.0 Å². The number of nitrogens with zero attached hydrogens (tertiary/aromatic N) is 3. The van der Waals surface area contributed by atoms with Gasteiger partial charge in [-0.25, -0.2) is 4.98 Å². The highest BCUT2D eigenvalue weighted by molar-refractivity contribution is 6.04. The molecule has 1 N–H and O–H groups in total. The van der Waals surface area contributed by atoms with E-state index in [9.17, 15) is 4.79 Å². The molecule has 2 aromatic heterocycles. The number of aromatic nitrogens is 2. The van der Waals surface area contributed by atoms with Crippen LogP contribution in [0, 0.1) is 0 Å². The Hall–Kier alpha value is -3.41. The van der Waals surface area contributed by atoms with Crippen LogP contribution in [0.5, 0.6) is 5.75 Å². The molecule has 0 aliphatic rings. The van der Waals surface area contributed by atoms with Crippen LogP contribution in [0.1, 0.15) is 29.8 Å². The molecule has 6 heteroatoms. The van der Waals surface area contributed by atoms with Crippen molar-refractivity contribution in [3.63, 3.8) is 0 Å². The molecule has 1 amide bonds. The molecule has 6 nitrogen and oxygen atoms in total. The highest BCUT2D eigenvalue weighted by Crippen LogP contribution is 2.18. The molecule has 3 rings (SSSR count). The Labute approximate surface area is 165 Å². The van der Waals surface area contributed by atoms with Gasteiger partial charge in [0.05, 0.1) is 11.9 Å². The van der Waals surface area contributed by atoms with Gasteiger partial charge in [-0.15, -0.1) is 0 Å². The van der Waals surface area contributed by atoms with Gasteiger partial charge in [0.1, 0.15) is 18.2 Å². The Balaban J connectivity index is 1.62. The van der Waals surface area contributed by atoms with Gasteiger partial charge >= 0.3 is 0 Å². The van der Waals surface area contributed by atoms with Crippen molar-refractivity contribution in [2.75, 3.05) is 23.3 Å². The van der Waals surface area contributed by atoms with Crippen molar-refractivity contribution in [1.29, 1.82) is 0 Å². The maximum atomic E-state index is 12.6. The van der Waals surface area contributed by atoms with Gasteiger partial charge in [0.15, 0.2) is 0 Å². The van der Waals surface area contributed by atoms with Gasteiger partial charge in [0.25, 0.3) is 5.91 Å². The van der Waals surface area contributed by atoms with Crippen LogP contribution >= 0.6 is 0 Å². The summed E-state index contributed by atoms with van der Waals surface area (Å²) in [4.78, 5) is 23.2. The number of anilines is 2. The fraction of sp³-hybridized carbons (Fsp3) is 0.227. The van der Waals surface area contributed by atoms with E-state index in [1.807, 2.05) is 30.3 Å². The molecule has 0 spiro atoms. The van der Waals surface area contributed by atoms with Crippen LogP contribution in [0.15, 0.2) is 67.1 Å². The SMILES string of the molecule is CCN(CC)c1ccc(NC(=O)c2cccc(OCc3cccnc3)c2)cn1. The molecule has 0 saturated heterocycles. The minimum absolute atomic E-state index is 0.204. The molecule has 0 unspecified atom stereocenters. The summed E-state index contributed by atoms with van der Waals surface area (Å²) in [6.07, 6.45) is 5.15. The zero-order valence-corrected chi connectivity index (χ0v) is 16.1. The van der Waals surface area contributed by atoms with E-state index in [-0.39, 0.29) is 5.91 Å². The molecule has 0 aliphatic heterocycles. The number of carbonyl (C=O) groups excluding carboxylic acids is 1. The Morgan fingerprint density at radius 1 is 1.07 bits per heavy atom. The summed E-state index contributed by atoms with van der Waals surface area (Å²) in [6, 6.07) is 14.7. The predicted octanol–water partition coefficient (Wildman–Crippen LogP) is 4.15. The van der Waals surface area contributed by atoms with Crippen molar-refractivity contribution >= 4 is 17.4 Å². The minimum atomic E-state index is -0.204. The van der Waals surface area contributed by atoms with Crippen molar-refractivity contribution < 1.29 is 9.53 Å². The number of hydrogen-bond donors (Lipinski definition) is 1. The number of benzene rings is 1. The summed E-state index contributed by atoms with van der Waals surface area (Å²) in [7, 11) is 0. The molecule has 0 atom stereocenters. The number of pyridine rings is 2. The minimum Gasteiger partial charge on any atom is -0.489 e. The maximum absolute atomic E-state index is 12.6. The Bertz CT molecular complexity index is 894. The number of carbonyl (C=O) groups is 1. The zero-order chi connectivity index (χ0) is 19.8. The second-order valence-electron chi connectivity index (χ2n) is 6.21. The van der Waals surface area contributed by atoms with Crippen LogP contribution in [0.3, 0.4) is 0 Å². The molecule has 28 heavy (non-hydrogen) atoms. The lowest BCUT2D eigenvalue weighted by Crippen LogP contribution is -2.22. The molecule has 0 aliphatic carbocycles. The summed E-state index contributed by atoms with van der Waals surface area (Å²) < 4.78 is 5.76. The molecule has 2 heterocycles. The first-order valence-corrected chi connectivity index (χ1v) is 9.33. The molecule has 144 valence electrons. The van der Waals surface area contributed by atoms with Gasteiger partial charge in [-0.2, -0.15) is 0 Å². The summed E-state index contributed by atoms with van der Waals surface area (Å²) in [5.74, 6) is 1.32. The van der Waals surface area contributed by atoms with Crippen molar-refractivity contribution in [2.45, 2.75) is 20.5 Å². The van der Waals surface area contributed by atoms with E-state index in [1.165, 1.54) is 0 Å². The van der Waals surface area contributed by atoms with Gasteiger partial charge in [0, 0.05) is 36.6 Å². The highest BCUT2D eigenvalue weighted by Gasteiger charge is 2.09. The van der Waals surface area contributed by atoms with Gasteiger partial charge in [-0.3, -0.25) is 9.78 Å². The quantitative estimate of drug-likeness (QED) is 0.640. The van der Waals surface area contributed by atoms with Crippen LogP contribution in [-0.4, -0.2) is 29.0 Å². The van der Waals surface area contributed by atoms with Crippen LogP contribution in [0.2, 0.25) is 0 Å². The normalized spacial score (nSPS) is 10.4. The van der Waals surface area contributed by atoms with Gasteiger partial charge in [-0.05, 0) is 50.2 Å². The predicted molar refractivity (Wildman–Crippen MR) is 111 cm³/mol. The van der Waals surface area contributed by atoms with Crippen LogP contribution in [-0.2, 0) is 6.61 Å². The van der Waals surface area contributed by atoms with Crippen molar-refractivity contribution in [3.05, 3.63) is 78.2 Å². The van der Waals surface area contributed by atoms with E-state index in [4.69, 9.17) is 4.74 Å². The average molecular weight is 376 g/mol. The third-order valence-electron chi connectivity index (χ3n) is 4.32. The molecule has 0 fully saturated rings. The largest absolute Gasteiger partial charge is 0.489 e. The maximum Gasteiger partial charge on any atom is 0.255 e. The van der Waals surface area contributed by atoms with E-state index in [0.29, 0.717) is 23.6 Å². The fourth-order valence-electron chi connectivity index (χ4n) is 2.78. The van der Waals surface area contributed by atoms with Gasteiger partial charge in [0.2, 0.25) is 0 Å². The summed E-state index contributed by atoms with van der Waals surface area (Å²) in [6.45, 7) is 6.35. The first kappa shape index (κ1) is 19.4. The van der Waals surface area contributed by atoms with Gasteiger partial charge < -0.3 is 15.0 Å². The van der Waals surface area contributed by atoms with Crippen LogP contribution in [0.4, 0.5) is 11.5 Å². The van der Waals surface area contributed by atoms with E-state index >= 15 is 0 Å². The Kier molecular flexibility index (Phi) is 6.57. The number of amides is 1. The van der Waals surface area contributed by atoms with E-state index in [1.54, 1.807) is 36.8 Å². The number of ether oxygens (including phenoxy) is 1.